The molecule has 1 aromatic carbocycles. The predicted molar refractivity (Wildman–Crippen MR) is 108 cm³/mol. The van der Waals surface area contributed by atoms with E-state index < -0.39 is 23.4 Å². The summed E-state index contributed by atoms with van der Waals surface area (Å²) in [5, 5.41) is 4.16. The van der Waals surface area contributed by atoms with Crippen LogP contribution in [0.4, 0.5) is 13.2 Å². The molecule has 2 aromatic rings. The summed E-state index contributed by atoms with van der Waals surface area (Å²) in [5.74, 6) is -2.06. The molecule has 0 atom stereocenters. The second-order valence-electron chi connectivity index (χ2n) is 7.06. The van der Waals surface area contributed by atoms with Crippen molar-refractivity contribution in [3.8, 4) is 5.69 Å². The first-order valence-electron chi connectivity index (χ1n) is 9.73. The van der Waals surface area contributed by atoms with Crippen molar-refractivity contribution in [1.82, 2.24) is 19.6 Å². The summed E-state index contributed by atoms with van der Waals surface area (Å²) in [6.07, 6.45) is -4.53. The van der Waals surface area contributed by atoms with E-state index in [1.54, 1.807) is 0 Å². The Morgan fingerprint density at radius 3 is 2.26 bits per heavy atom. The number of carbonyl (C=O) groups is 3. The summed E-state index contributed by atoms with van der Waals surface area (Å²) < 4.78 is 40.3. The first-order chi connectivity index (χ1) is 14.4. The lowest BCUT2D eigenvalue weighted by atomic mass is 10.1. The van der Waals surface area contributed by atoms with E-state index >= 15 is 0 Å². The first-order valence-corrected chi connectivity index (χ1v) is 9.73. The fourth-order valence-corrected chi connectivity index (χ4v) is 3.27. The molecule has 0 spiro atoms. The fourth-order valence-electron chi connectivity index (χ4n) is 3.27. The van der Waals surface area contributed by atoms with Crippen LogP contribution in [-0.4, -0.2) is 63.9 Å². The number of halogens is 3. The zero-order valence-corrected chi connectivity index (χ0v) is 18.1. The molecule has 31 heavy (non-hydrogen) atoms. The minimum Gasteiger partial charge on any atom is -0.342 e. The van der Waals surface area contributed by atoms with E-state index in [-0.39, 0.29) is 35.1 Å². The van der Waals surface area contributed by atoms with Gasteiger partial charge in [-0.05, 0) is 45.9 Å². The Labute approximate surface area is 178 Å². The zero-order valence-electron chi connectivity index (χ0n) is 18.1. The van der Waals surface area contributed by atoms with Gasteiger partial charge in [0, 0.05) is 20.1 Å². The van der Waals surface area contributed by atoms with Gasteiger partial charge in [-0.3, -0.25) is 14.4 Å². The third-order valence-electron chi connectivity index (χ3n) is 4.97. The summed E-state index contributed by atoms with van der Waals surface area (Å²) in [7, 11) is 1.35. The smallest absolute Gasteiger partial charge is 0.342 e. The number of aryl methyl sites for hydroxylation is 1. The number of ketones is 1. The molecular formula is C21H25F3N4O3. The van der Waals surface area contributed by atoms with E-state index in [0.29, 0.717) is 13.1 Å². The van der Waals surface area contributed by atoms with Gasteiger partial charge in [0.1, 0.15) is 0 Å². The highest BCUT2D eigenvalue weighted by Crippen LogP contribution is 2.31. The monoisotopic (exact) mass is 438 g/mol. The maximum absolute atomic E-state index is 13.0. The highest BCUT2D eigenvalue weighted by Gasteiger charge is 2.32. The van der Waals surface area contributed by atoms with Crippen molar-refractivity contribution < 1.29 is 27.6 Å². The molecule has 0 radical (unpaired) electrons. The summed E-state index contributed by atoms with van der Waals surface area (Å²) in [5.41, 5.74) is -0.289. The number of hydrogen-bond acceptors (Lipinski definition) is 4. The lowest BCUT2D eigenvalue weighted by Crippen LogP contribution is -2.43. The van der Waals surface area contributed by atoms with Gasteiger partial charge >= 0.3 is 6.18 Å². The second kappa shape index (κ2) is 9.32. The van der Waals surface area contributed by atoms with Crippen LogP contribution in [0.25, 0.3) is 5.69 Å². The van der Waals surface area contributed by atoms with Gasteiger partial charge in [-0.2, -0.15) is 18.3 Å². The third-order valence-corrected chi connectivity index (χ3v) is 4.97. The molecule has 2 rings (SSSR count). The number of hydrogen-bond donors (Lipinski definition) is 0. The highest BCUT2D eigenvalue weighted by molar-refractivity contribution is 6.43. The Hall–Kier alpha value is -3.17. The van der Waals surface area contributed by atoms with E-state index in [4.69, 9.17) is 0 Å². The molecule has 2 amide bonds. The molecule has 168 valence electrons. The number of rotatable bonds is 7. The average molecular weight is 438 g/mol. The molecule has 0 aliphatic rings. The fraction of sp³-hybridized carbons (Fsp3) is 0.429. The van der Waals surface area contributed by atoms with Gasteiger partial charge in [0.05, 0.1) is 34.7 Å². The number of benzene rings is 1. The topological polar surface area (TPSA) is 75.5 Å². The van der Waals surface area contributed by atoms with E-state index in [2.05, 4.69) is 5.10 Å². The van der Waals surface area contributed by atoms with Crippen LogP contribution < -0.4 is 0 Å². The van der Waals surface area contributed by atoms with Crippen LogP contribution in [-0.2, 0) is 15.8 Å². The summed E-state index contributed by atoms with van der Waals surface area (Å²) in [6, 6.07) is 4.53. The number of aromatic nitrogens is 2. The largest absolute Gasteiger partial charge is 0.416 e. The Morgan fingerprint density at radius 2 is 1.71 bits per heavy atom. The third kappa shape index (κ3) is 5.12. The zero-order chi connectivity index (χ0) is 23.5. The van der Waals surface area contributed by atoms with E-state index in [0.717, 1.165) is 17.0 Å². The van der Waals surface area contributed by atoms with Crippen molar-refractivity contribution in [1.29, 1.82) is 0 Å². The molecule has 1 heterocycles. The number of nitrogens with zero attached hydrogens (tertiary/aromatic N) is 4. The molecule has 7 nitrogen and oxygen atoms in total. The maximum Gasteiger partial charge on any atom is 0.416 e. The Morgan fingerprint density at radius 1 is 1.10 bits per heavy atom. The molecule has 1 aromatic heterocycles. The normalized spacial score (nSPS) is 11.4. The molecular weight excluding hydrogens is 413 g/mol. The number of carbonyl (C=O) groups excluding carboxylic acids is 3. The highest BCUT2D eigenvalue weighted by atomic mass is 19.4. The van der Waals surface area contributed by atoms with Crippen LogP contribution in [0, 0.1) is 13.8 Å². The molecule has 0 aliphatic heterocycles. The maximum atomic E-state index is 13.0. The quantitative estimate of drug-likeness (QED) is 0.492. The lowest BCUT2D eigenvalue weighted by Gasteiger charge is -2.22. The van der Waals surface area contributed by atoms with Gasteiger partial charge in [-0.25, -0.2) is 4.68 Å². The van der Waals surface area contributed by atoms with Crippen molar-refractivity contribution in [3.63, 3.8) is 0 Å². The molecule has 0 aliphatic carbocycles. The van der Waals surface area contributed by atoms with Crippen LogP contribution >= 0.6 is 0 Å². The van der Waals surface area contributed by atoms with Gasteiger partial charge in [-0.15, -0.1) is 0 Å². The van der Waals surface area contributed by atoms with Gasteiger partial charge in [0.25, 0.3) is 11.7 Å². The average Bonchev–Trinajstić information content (AvgIpc) is 3.01. The predicted octanol–water partition coefficient (Wildman–Crippen LogP) is 3.02. The van der Waals surface area contributed by atoms with Crippen LogP contribution in [0.2, 0.25) is 0 Å². The SMILES string of the molecule is CCN(CC)C(=O)CN(C)C(=O)C(=O)c1c(C)nn(-c2cccc(C(F)(F)F)c2)c1C. The Bertz CT molecular complexity index is 994. The second-order valence-corrected chi connectivity index (χ2v) is 7.06. The van der Waals surface area contributed by atoms with Gasteiger partial charge in [-0.1, -0.05) is 6.07 Å². The first kappa shape index (κ1) is 24.1. The number of alkyl halides is 3. The molecule has 0 fully saturated rings. The number of amides is 2. The summed E-state index contributed by atoms with van der Waals surface area (Å²) in [6.45, 7) is 7.32. The van der Waals surface area contributed by atoms with Crippen LogP contribution in [0.5, 0.6) is 0 Å². The van der Waals surface area contributed by atoms with Crippen molar-refractivity contribution in [2.75, 3.05) is 26.7 Å². The van der Waals surface area contributed by atoms with E-state index in [1.807, 2.05) is 13.8 Å². The molecule has 10 heteroatoms. The van der Waals surface area contributed by atoms with E-state index in [1.165, 1.54) is 42.6 Å². The van der Waals surface area contributed by atoms with Crippen molar-refractivity contribution in [2.24, 2.45) is 0 Å². The Kier molecular flexibility index (Phi) is 7.24. The van der Waals surface area contributed by atoms with Crippen LogP contribution in [0.1, 0.15) is 41.2 Å². The number of likely N-dealkylation sites (N-methyl/N-ethyl adjacent to an activating group) is 2. The van der Waals surface area contributed by atoms with Crippen molar-refractivity contribution >= 4 is 17.6 Å². The van der Waals surface area contributed by atoms with Crippen LogP contribution in [0.3, 0.4) is 0 Å². The molecule has 0 unspecified atom stereocenters. The van der Waals surface area contributed by atoms with Gasteiger partial charge < -0.3 is 9.80 Å². The lowest BCUT2D eigenvalue weighted by molar-refractivity contribution is -0.137. The number of Topliss-reactive ketones (excluding diaryl/α,β-unsaturated/α-hetero) is 1. The standard InChI is InChI=1S/C21H25F3N4O3/c1-6-27(7-2)17(29)12-26(5)20(31)19(30)18-13(3)25-28(14(18)4)16-10-8-9-15(11-16)21(22,23)24/h8-11H,6-7,12H2,1-5H3. The molecule has 0 N–H and O–H groups in total. The van der Waals surface area contributed by atoms with Gasteiger partial charge in [0.15, 0.2) is 0 Å². The summed E-state index contributed by atoms with van der Waals surface area (Å²) >= 11 is 0. The Balaban J connectivity index is 2.32. The van der Waals surface area contributed by atoms with Crippen molar-refractivity contribution in [2.45, 2.75) is 33.9 Å². The van der Waals surface area contributed by atoms with Crippen molar-refractivity contribution in [3.05, 3.63) is 46.8 Å². The minimum atomic E-state index is -4.53. The minimum absolute atomic E-state index is 0.00421. The van der Waals surface area contributed by atoms with Crippen LogP contribution in [0.15, 0.2) is 24.3 Å². The summed E-state index contributed by atoms with van der Waals surface area (Å²) in [4.78, 5) is 40.3. The van der Waals surface area contributed by atoms with Gasteiger partial charge in [0.2, 0.25) is 5.91 Å². The molecule has 0 bridgehead atoms. The molecule has 0 saturated carbocycles. The molecule has 0 saturated heterocycles. The van der Waals surface area contributed by atoms with E-state index in [9.17, 15) is 27.6 Å².